The molecule has 0 spiro atoms. The van der Waals surface area contributed by atoms with E-state index in [9.17, 15) is 14.3 Å². The molecule has 2 rings (SSSR count). The van der Waals surface area contributed by atoms with Gasteiger partial charge in [-0.05, 0) is 31.4 Å². The fraction of sp³-hybridized carbons (Fsp3) is 0.417. The fourth-order valence-electron chi connectivity index (χ4n) is 1.72. The number of benzene rings is 1. The molecule has 15 heavy (non-hydrogen) atoms. The normalized spacial score (nSPS) is 17.5. The molecule has 2 nitrogen and oxygen atoms in total. The maximum absolute atomic E-state index is 13.6. The van der Waals surface area contributed by atoms with Crippen molar-refractivity contribution >= 4 is 5.78 Å². The largest absolute Gasteiger partial charge is 0.385 e. The second-order valence-corrected chi connectivity index (χ2v) is 4.22. The standard InChI is InChI=1S/C12H13FO2/c1-8(14)6-9-2-3-10(11(13)7-9)12(15)4-5-12/h2-3,7,15H,4-6H2,1H3. The lowest BCUT2D eigenvalue weighted by molar-refractivity contribution is -0.116. The predicted octanol–water partition coefficient (Wildman–Crippen LogP) is 1.94. The first-order valence-electron chi connectivity index (χ1n) is 5.02. The van der Waals surface area contributed by atoms with Gasteiger partial charge >= 0.3 is 0 Å². The smallest absolute Gasteiger partial charge is 0.134 e. The topological polar surface area (TPSA) is 37.3 Å². The van der Waals surface area contributed by atoms with E-state index in [1.165, 1.54) is 13.0 Å². The van der Waals surface area contributed by atoms with Crippen molar-refractivity contribution in [3.05, 3.63) is 35.1 Å². The Balaban J connectivity index is 2.27. The van der Waals surface area contributed by atoms with Gasteiger partial charge in [-0.25, -0.2) is 4.39 Å². The minimum atomic E-state index is -0.946. The number of ketones is 1. The maximum atomic E-state index is 13.6. The van der Waals surface area contributed by atoms with E-state index >= 15 is 0 Å². The number of halogens is 1. The van der Waals surface area contributed by atoms with Crippen molar-refractivity contribution in [2.24, 2.45) is 0 Å². The lowest BCUT2D eigenvalue weighted by Gasteiger charge is -2.10. The molecule has 1 aliphatic carbocycles. The van der Waals surface area contributed by atoms with Crippen LogP contribution in [0.3, 0.4) is 0 Å². The number of hydrogen-bond acceptors (Lipinski definition) is 2. The van der Waals surface area contributed by atoms with Crippen LogP contribution < -0.4 is 0 Å². The van der Waals surface area contributed by atoms with E-state index in [2.05, 4.69) is 0 Å². The Labute approximate surface area is 87.7 Å². The van der Waals surface area contributed by atoms with Gasteiger partial charge in [0, 0.05) is 12.0 Å². The summed E-state index contributed by atoms with van der Waals surface area (Å²) in [5, 5.41) is 9.75. The lowest BCUT2D eigenvalue weighted by Crippen LogP contribution is -2.08. The molecule has 1 N–H and O–H groups in total. The Morgan fingerprint density at radius 1 is 1.53 bits per heavy atom. The first-order chi connectivity index (χ1) is 7.01. The zero-order valence-corrected chi connectivity index (χ0v) is 8.59. The minimum Gasteiger partial charge on any atom is -0.385 e. The van der Waals surface area contributed by atoms with Crippen LogP contribution in [0.2, 0.25) is 0 Å². The highest BCUT2D eigenvalue weighted by atomic mass is 19.1. The van der Waals surface area contributed by atoms with Crippen LogP contribution in [0.4, 0.5) is 4.39 Å². The minimum absolute atomic E-state index is 0.00674. The Bertz CT molecular complexity index is 408. The average molecular weight is 208 g/mol. The Kier molecular flexibility index (Phi) is 2.35. The van der Waals surface area contributed by atoms with Crippen LogP contribution >= 0.6 is 0 Å². The number of carbonyl (C=O) groups is 1. The molecule has 80 valence electrons. The first-order valence-corrected chi connectivity index (χ1v) is 5.02. The zero-order valence-electron chi connectivity index (χ0n) is 8.59. The molecule has 1 aliphatic rings. The molecule has 0 atom stereocenters. The van der Waals surface area contributed by atoms with E-state index in [0.717, 1.165) is 0 Å². The molecular formula is C12H13FO2. The van der Waals surface area contributed by atoms with Gasteiger partial charge in [0.05, 0.1) is 5.60 Å². The summed E-state index contributed by atoms with van der Waals surface area (Å²) >= 11 is 0. The van der Waals surface area contributed by atoms with Crippen molar-refractivity contribution in [2.75, 3.05) is 0 Å². The lowest BCUT2D eigenvalue weighted by atomic mass is 10.0. The molecular weight excluding hydrogens is 195 g/mol. The number of aliphatic hydroxyl groups is 1. The summed E-state index contributed by atoms with van der Waals surface area (Å²) < 4.78 is 13.6. The molecule has 3 heteroatoms. The third-order valence-corrected chi connectivity index (χ3v) is 2.71. The van der Waals surface area contributed by atoms with Gasteiger partial charge in [-0.15, -0.1) is 0 Å². The highest BCUT2D eigenvalue weighted by molar-refractivity contribution is 5.78. The third kappa shape index (κ3) is 2.07. The van der Waals surface area contributed by atoms with E-state index in [0.29, 0.717) is 24.0 Å². The van der Waals surface area contributed by atoms with Gasteiger partial charge in [-0.1, -0.05) is 12.1 Å². The molecule has 0 bridgehead atoms. The van der Waals surface area contributed by atoms with Gasteiger partial charge in [0.25, 0.3) is 0 Å². The number of rotatable bonds is 3. The Morgan fingerprint density at radius 3 is 2.67 bits per heavy atom. The number of carbonyl (C=O) groups excluding carboxylic acids is 1. The summed E-state index contributed by atoms with van der Waals surface area (Å²) in [6, 6.07) is 4.63. The van der Waals surface area contributed by atoms with Crippen molar-refractivity contribution in [1.82, 2.24) is 0 Å². The SMILES string of the molecule is CC(=O)Cc1ccc(C2(O)CC2)c(F)c1. The van der Waals surface area contributed by atoms with Crippen LogP contribution in [0, 0.1) is 5.82 Å². The van der Waals surface area contributed by atoms with Gasteiger partial charge in [0.15, 0.2) is 0 Å². The molecule has 0 aliphatic heterocycles. The van der Waals surface area contributed by atoms with Gasteiger partial charge in [0.1, 0.15) is 11.6 Å². The third-order valence-electron chi connectivity index (χ3n) is 2.71. The van der Waals surface area contributed by atoms with Crippen molar-refractivity contribution in [3.8, 4) is 0 Å². The van der Waals surface area contributed by atoms with E-state index < -0.39 is 11.4 Å². The summed E-state index contributed by atoms with van der Waals surface area (Å²) in [7, 11) is 0. The second kappa shape index (κ2) is 3.42. The highest BCUT2D eigenvalue weighted by Gasteiger charge is 2.43. The summed E-state index contributed by atoms with van der Waals surface area (Å²) in [6.45, 7) is 1.47. The fourth-order valence-corrected chi connectivity index (χ4v) is 1.72. The van der Waals surface area contributed by atoms with Crippen molar-refractivity contribution in [1.29, 1.82) is 0 Å². The van der Waals surface area contributed by atoms with E-state index in [4.69, 9.17) is 0 Å². The molecule has 0 heterocycles. The van der Waals surface area contributed by atoms with Gasteiger partial charge < -0.3 is 5.11 Å². The van der Waals surface area contributed by atoms with E-state index in [-0.39, 0.29) is 12.2 Å². The quantitative estimate of drug-likeness (QED) is 0.824. The first kappa shape index (κ1) is 10.3. The van der Waals surface area contributed by atoms with Crippen LogP contribution in [0.1, 0.15) is 30.9 Å². The van der Waals surface area contributed by atoms with Crippen LogP contribution in [-0.2, 0) is 16.8 Å². The molecule has 1 saturated carbocycles. The summed E-state index contributed by atoms with van der Waals surface area (Å²) in [5.41, 5.74) is 0.0709. The maximum Gasteiger partial charge on any atom is 0.134 e. The number of hydrogen-bond donors (Lipinski definition) is 1. The predicted molar refractivity (Wildman–Crippen MR) is 53.9 cm³/mol. The molecule has 1 aromatic carbocycles. The molecule has 0 amide bonds. The second-order valence-electron chi connectivity index (χ2n) is 4.22. The molecule has 0 saturated heterocycles. The molecule has 1 aromatic rings. The average Bonchev–Trinajstić information content (AvgIpc) is 2.83. The van der Waals surface area contributed by atoms with E-state index in [1.807, 2.05) is 0 Å². The van der Waals surface area contributed by atoms with Crippen molar-refractivity contribution in [2.45, 2.75) is 31.8 Å². The monoisotopic (exact) mass is 208 g/mol. The van der Waals surface area contributed by atoms with Crippen LogP contribution in [0.5, 0.6) is 0 Å². The van der Waals surface area contributed by atoms with Gasteiger partial charge in [-0.2, -0.15) is 0 Å². The Hall–Kier alpha value is -1.22. The molecule has 1 fully saturated rings. The van der Waals surface area contributed by atoms with Gasteiger partial charge in [0.2, 0.25) is 0 Å². The highest BCUT2D eigenvalue weighted by Crippen LogP contribution is 2.46. The number of Topliss-reactive ketones (excluding diaryl/α,β-unsaturated/α-hetero) is 1. The summed E-state index contributed by atoms with van der Waals surface area (Å²) in [6.07, 6.45) is 1.49. The van der Waals surface area contributed by atoms with Crippen LogP contribution in [0.25, 0.3) is 0 Å². The van der Waals surface area contributed by atoms with Crippen LogP contribution in [0.15, 0.2) is 18.2 Å². The summed E-state index contributed by atoms with van der Waals surface area (Å²) in [5.74, 6) is -0.402. The molecule has 0 aromatic heterocycles. The van der Waals surface area contributed by atoms with Crippen molar-refractivity contribution in [3.63, 3.8) is 0 Å². The summed E-state index contributed by atoms with van der Waals surface area (Å²) in [4.78, 5) is 10.8. The van der Waals surface area contributed by atoms with Crippen LogP contribution in [-0.4, -0.2) is 10.9 Å². The van der Waals surface area contributed by atoms with Crippen molar-refractivity contribution < 1.29 is 14.3 Å². The zero-order chi connectivity index (χ0) is 11.1. The van der Waals surface area contributed by atoms with E-state index in [1.54, 1.807) is 12.1 Å². The van der Waals surface area contributed by atoms with Gasteiger partial charge in [-0.3, -0.25) is 4.79 Å². The Morgan fingerprint density at radius 2 is 2.20 bits per heavy atom. The molecule has 0 unspecified atom stereocenters. The molecule has 0 radical (unpaired) electrons.